The van der Waals surface area contributed by atoms with Gasteiger partial charge in [-0.05, 0) is 31.9 Å². The zero-order valence-corrected chi connectivity index (χ0v) is 10.3. The second-order valence-electron chi connectivity index (χ2n) is 3.85. The molecule has 4 heteroatoms. The highest BCUT2D eigenvalue weighted by molar-refractivity contribution is 7.92. The molecule has 0 saturated heterocycles. The third kappa shape index (κ3) is 4.98. The second kappa shape index (κ2) is 5.70. The van der Waals surface area contributed by atoms with E-state index in [9.17, 15) is 8.42 Å². The van der Waals surface area contributed by atoms with Crippen LogP contribution in [0.25, 0.3) is 0 Å². The molecule has 0 spiro atoms. The Kier molecular flexibility index (Phi) is 4.55. The molecule has 1 aromatic carbocycles. The summed E-state index contributed by atoms with van der Waals surface area (Å²) in [5.41, 5.74) is 1.62. The van der Waals surface area contributed by atoms with Crippen molar-refractivity contribution in [3.8, 4) is 0 Å². The smallest absolute Gasteiger partial charge is 0.232 e. The lowest BCUT2D eigenvalue weighted by Crippen LogP contribution is -2.16. The zero-order chi connectivity index (χ0) is 12.0. The first-order valence-electron chi connectivity index (χ1n) is 5.19. The molecule has 16 heavy (non-hydrogen) atoms. The summed E-state index contributed by atoms with van der Waals surface area (Å²) in [5, 5.41) is 0. The van der Waals surface area contributed by atoms with Crippen LogP contribution in [0.3, 0.4) is 0 Å². The average Bonchev–Trinajstić information content (AvgIpc) is 2.17. The molecule has 1 N–H and O–H groups in total. The van der Waals surface area contributed by atoms with E-state index in [2.05, 4.69) is 11.3 Å². The van der Waals surface area contributed by atoms with Crippen LogP contribution in [0.4, 0.5) is 5.69 Å². The number of anilines is 1. The molecular weight excluding hydrogens is 222 g/mol. The molecule has 0 saturated carbocycles. The summed E-state index contributed by atoms with van der Waals surface area (Å²) in [6, 6.07) is 8.91. The first-order chi connectivity index (χ1) is 7.49. The van der Waals surface area contributed by atoms with Crippen LogP contribution in [0.15, 0.2) is 42.5 Å². The van der Waals surface area contributed by atoms with Gasteiger partial charge in [0.2, 0.25) is 10.0 Å². The summed E-state index contributed by atoms with van der Waals surface area (Å²) >= 11 is 0. The van der Waals surface area contributed by atoms with E-state index in [0.717, 1.165) is 12.0 Å². The summed E-state index contributed by atoms with van der Waals surface area (Å²) < 4.78 is 25.8. The summed E-state index contributed by atoms with van der Waals surface area (Å²) in [5.74, 6) is 0.134. The Bertz CT molecular complexity index is 437. The summed E-state index contributed by atoms with van der Waals surface area (Å²) in [6.07, 6.45) is 1.35. The van der Waals surface area contributed by atoms with Gasteiger partial charge in [-0.25, -0.2) is 8.42 Å². The van der Waals surface area contributed by atoms with E-state index in [1.165, 1.54) is 0 Å². The molecule has 0 atom stereocenters. The van der Waals surface area contributed by atoms with Crippen molar-refractivity contribution >= 4 is 15.7 Å². The van der Waals surface area contributed by atoms with E-state index < -0.39 is 10.0 Å². The van der Waals surface area contributed by atoms with Gasteiger partial charge in [0.15, 0.2) is 0 Å². The van der Waals surface area contributed by atoms with Gasteiger partial charge >= 0.3 is 0 Å². The highest BCUT2D eigenvalue weighted by Crippen LogP contribution is 2.10. The first-order valence-corrected chi connectivity index (χ1v) is 6.85. The predicted octanol–water partition coefficient (Wildman–Crippen LogP) is 2.78. The lowest BCUT2D eigenvalue weighted by molar-refractivity contribution is 0.598. The van der Waals surface area contributed by atoms with Crippen molar-refractivity contribution in [2.24, 2.45) is 0 Å². The molecule has 0 bridgehead atoms. The van der Waals surface area contributed by atoms with Crippen molar-refractivity contribution in [1.82, 2.24) is 0 Å². The topological polar surface area (TPSA) is 46.2 Å². The van der Waals surface area contributed by atoms with E-state index in [1.54, 1.807) is 24.3 Å². The highest BCUT2D eigenvalue weighted by atomic mass is 32.2. The molecule has 0 aliphatic heterocycles. The molecule has 0 aliphatic carbocycles. The highest BCUT2D eigenvalue weighted by Gasteiger charge is 2.09. The van der Waals surface area contributed by atoms with E-state index in [4.69, 9.17) is 0 Å². The van der Waals surface area contributed by atoms with Crippen LogP contribution in [-0.4, -0.2) is 14.2 Å². The lowest BCUT2D eigenvalue weighted by atomic mass is 10.2. The number of rotatable bonds is 6. The maximum atomic E-state index is 11.6. The van der Waals surface area contributed by atoms with Crippen LogP contribution in [0.1, 0.15) is 19.8 Å². The number of allylic oxidation sites excluding steroid dienone is 1. The summed E-state index contributed by atoms with van der Waals surface area (Å²) in [6.45, 7) is 5.64. The van der Waals surface area contributed by atoms with Crippen molar-refractivity contribution < 1.29 is 8.42 Å². The Morgan fingerprint density at radius 1 is 1.31 bits per heavy atom. The van der Waals surface area contributed by atoms with Crippen LogP contribution >= 0.6 is 0 Å². The maximum Gasteiger partial charge on any atom is 0.232 e. The van der Waals surface area contributed by atoms with E-state index in [-0.39, 0.29) is 5.75 Å². The second-order valence-corrected chi connectivity index (χ2v) is 5.69. The standard InChI is InChI=1S/C12H17NO2S/c1-11(2)7-6-10-16(14,15)13-12-8-4-3-5-9-12/h3-5,8-9,13H,1,6-7,10H2,2H3. The maximum absolute atomic E-state index is 11.6. The van der Waals surface area contributed by atoms with Crippen molar-refractivity contribution in [1.29, 1.82) is 0 Å². The fraction of sp³-hybridized carbons (Fsp3) is 0.333. The number of para-hydroxylation sites is 1. The SMILES string of the molecule is C=C(C)CCCS(=O)(=O)Nc1ccccc1. The summed E-state index contributed by atoms with van der Waals surface area (Å²) in [4.78, 5) is 0. The molecule has 0 fully saturated rings. The molecule has 0 heterocycles. The Labute approximate surface area is 97.2 Å². The lowest BCUT2D eigenvalue weighted by Gasteiger charge is -2.07. The number of hydrogen-bond donors (Lipinski definition) is 1. The summed E-state index contributed by atoms with van der Waals surface area (Å²) in [7, 11) is -3.22. The quantitative estimate of drug-likeness (QED) is 0.776. The minimum Gasteiger partial charge on any atom is -0.284 e. The van der Waals surface area contributed by atoms with Gasteiger partial charge in [-0.2, -0.15) is 0 Å². The number of nitrogens with one attached hydrogen (secondary N) is 1. The molecule has 0 aromatic heterocycles. The van der Waals surface area contributed by atoms with Gasteiger partial charge in [-0.3, -0.25) is 4.72 Å². The van der Waals surface area contributed by atoms with Crippen molar-refractivity contribution in [3.63, 3.8) is 0 Å². The molecule has 0 amide bonds. The van der Waals surface area contributed by atoms with E-state index in [0.29, 0.717) is 12.1 Å². The van der Waals surface area contributed by atoms with Crippen LogP contribution in [-0.2, 0) is 10.0 Å². The van der Waals surface area contributed by atoms with Gasteiger partial charge in [-0.1, -0.05) is 23.8 Å². The fourth-order valence-corrected chi connectivity index (χ4v) is 2.42. The Morgan fingerprint density at radius 3 is 2.50 bits per heavy atom. The molecule has 0 aliphatic rings. The number of hydrogen-bond acceptors (Lipinski definition) is 2. The zero-order valence-electron chi connectivity index (χ0n) is 9.44. The third-order valence-corrected chi connectivity index (χ3v) is 3.44. The molecule has 88 valence electrons. The van der Waals surface area contributed by atoms with Gasteiger partial charge < -0.3 is 0 Å². The van der Waals surface area contributed by atoms with Gasteiger partial charge in [0, 0.05) is 5.69 Å². The van der Waals surface area contributed by atoms with Crippen molar-refractivity contribution in [2.75, 3.05) is 10.5 Å². The number of sulfonamides is 1. The van der Waals surface area contributed by atoms with Gasteiger partial charge in [0.25, 0.3) is 0 Å². The van der Waals surface area contributed by atoms with E-state index >= 15 is 0 Å². The monoisotopic (exact) mass is 239 g/mol. The molecule has 1 aromatic rings. The molecule has 3 nitrogen and oxygen atoms in total. The normalized spacial score (nSPS) is 11.1. The van der Waals surface area contributed by atoms with Crippen LogP contribution in [0.2, 0.25) is 0 Å². The van der Waals surface area contributed by atoms with Gasteiger partial charge in [0.1, 0.15) is 0 Å². The Balaban J connectivity index is 2.49. The van der Waals surface area contributed by atoms with Crippen LogP contribution < -0.4 is 4.72 Å². The Morgan fingerprint density at radius 2 is 1.94 bits per heavy atom. The van der Waals surface area contributed by atoms with Crippen LogP contribution in [0, 0.1) is 0 Å². The largest absolute Gasteiger partial charge is 0.284 e. The molecule has 0 radical (unpaired) electrons. The van der Waals surface area contributed by atoms with Gasteiger partial charge in [-0.15, -0.1) is 6.58 Å². The van der Waals surface area contributed by atoms with Crippen molar-refractivity contribution in [3.05, 3.63) is 42.5 Å². The Hall–Kier alpha value is -1.29. The van der Waals surface area contributed by atoms with E-state index in [1.807, 2.05) is 13.0 Å². The first kappa shape index (κ1) is 12.8. The molecular formula is C12H17NO2S. The van der Waals surface area contributed by atoms with Gasteiger partial charge in [0.05, 0.1) is 5.75 Å². The fourth-order valence-electron chi connectivity index (χ4n) is 1.30. The minimum atomic E-state index is -3.22. The van der Waals surface area contributed by atoms with Crippen LogP contribution in [0.5, 0.6) is 0 Å². The third-order valence-electron chi connectivity index (χ3n) is 2.06. The average molecular weight is 239 g/mol. The predicted molar refractivity (Wildman–Crippen MR) is 67.9 cm³/mol. The number of benzene rings is 1. The minimum absolute atomic E-state index is 0.134. The molecule has 1 rings (SSSR count). The molecule has 0 unspecified atom stereocenters. The van der Waals surface area contributed by atoms with Crippen molar-refractivity contribution in [2.45, 2.75) is 19.8 Å².